The molecular weight excluding hydrogens is 349 g/mol. The molecule has 7 heteroatoms. The summed E-state index contributed by atoms with van der Waals surface area (Å²) in [6, 6.07) is 3.88. The minimum absolute atomic E-state index is 0.117. The van der Waals surface area contributed by atoms with Crippen LogP contribution in [0.1, 0.15) is 36.5 Å². The molecule has 0 spiro atoms. The normalized spacial score (nSPS) is 23.0. The fraction of sp³-hybridized carbons (Fsp3) is 0.500. The summed E-state index contributed by atoms with van der Waals surface area (Å²) in [5, 5.41) is 9.39. The fourth-order valence-corrected chi connectivity index (χ4v) is 4.58. The van der Waals surface area contributed by atoms with Crippen LogP contribution in [0.3, 0.4) is 0 Å². The zero-order valence-electron chi connectivity index (χ0n) is 15.6. The third kappa shape index (κ3) is 2.90. The summed E-state index contributed by atoms with van der Waals surface area (Å²) in [5.74, 6) is -1.76. The largest absolute Gasteiger partial charge is 0.477 e. The first-order valence-corrected chi connectivity index (χ1v) is 9.47. The van der Waals surface area contributed by atoms with Crippen LogP contribution in [0.15, 0.2) is 23.1 Å². The summed E-state index contributed by atoms with van der Waals surface area (Å²) in [6.07, 6.45) is 4.66. The van der Waals surface area contributed by atoms with Crippen molar-refractivity contribution in [3.8, 4) is 0 Å². The Morgan fingerprint density at radius 3 is 2.70 bits per heavy atom. The molecule has 1 aromatic heterocycles. The Labute approximate surface area is 156 Å². The lowest BCUT2D eigenvalue weighted by molar-refractivity contribution is 0.0695. The summed E-state index contributed by atoms with van der Waals surface area (Å²) in [5.41, 5.74) is 0.104. The second kappa shape index (κ2) is 6.64. The molecule has 1 aromatic carbocycles. The first kappa shape index (κ1) is 18.0. The van der Waals surface area contributed by atoms with Crippen LogP contribution in [0, 0.1) is 5.82 Å². The van der Waals surface area contributed by atoms with Gasteiger partial charge >= 0.3 is 5.97 Å². The van der Waals surface area contributed by atoms with E-state index < -0.39 is 17.2 Å². The van der Waals surface area contributed by atoms with Gasteiger partial charge in [0, 0.05) is 43.3 Å². The first-order valence-electron chi connectivity index (χ1n) is 9.47. The maximum Gasteiger partial charge on any atom is 0.341 e. The van der Waals surface area contributed by atoms with Crippen molar-refractivity contribution >= 4 is 22.6 Å². The van der Waals surface area contributed by atoms with Crippen LogP contribution in [0.2, 0.25) is 0 Å². The molecule has 6 nitrogen and oxygen atoms in total. The third-order valence-corrected chi connectivity index (χ3v) is 6.21. The molecule has 4 rings (SSSR count). The maximum atomic E-state index is 15.0. The number of fused-ring (bicyclic) bond motifs is 3. The molecule has 1 N–H and O–H groups in total. The van der Waals surface area contributed by atoms with Gasteiger partial charge in [-0.15, -0.1) is 0 Å². The van der Waals surface area contributed by atoms with Gasteiger partial charge in [0.15, 0.2) is 0 Å². The van der Waals surface area contributed by atoms with Crippen molar-refractivity contribution in [2.45, 2.75) is 44.8 Å². The minimum Gasteiger partial charge on any atom is -0.477 e. The Hall–Kier alpha value is -2.41. The first-order chi connectivity index (χ1) is 12.9. The molecule has 2 atom stereocenters. The summed E-state index contributed by atoms with van der Waals surface area (Å²) in [6.45, 7) is 3.91. The zero-order chi connectivity index (χ0) is 19.3. The van der Waals surface area contributed by atoms with Gasteiger partial charge in [-0.05, 0) is 45.4 Å². The van der Waals surface area contributed by atoms with E-state index in [0.29, 0.717) is 29.8 Å². The Kier molecular flexibility index (Phi) is 4.42. The van der Waals surface area contributed by atoms with Crippen molar-refractivity contribution < 1.29 is 14.3 Å². The molecule has 2 aromatic rings. The molecule has 144 valence electrons. The quantitative estimate of drug-likeness (QED) is 0.896. The lowest BCUT2D eigenvalue weighted by atomic mass is 10.1. The summed E-state index contributed by atoms with van der Waals surface area (Å²) in [7, 11) is 2.14. The standard InChI is InChI=1S/C20H24FN3O3/c1-3-23-11-15(20(26)27)19(25)14-8-16(21)18(9-17(14)23)24-7-6-12-4-5-13(10-24)22(12)2/h8-9,11-13H,3-7,10H2,1-2H3,(H,26,27)/t12-,13?/m1/s1. The highest BCUT2D eigenvalue weighted by atomic mass is 19.1. The van der Waals surface area contributed by atoms with E-state index in [4.69, 9.17) is 0 Å². The minimum atomic E-state index is -1.29. The van der Waals surface area contributed by atoms with E-state index in [2.05, 4.69) is 16.8 Å². The van der Waals surface area contributed by atoms with Crippen molar-refractivity contribution in [3.05, 3.63) is 39.9 Å². The summed E-state index contributed by atoms with van der Waals surface area (Å²) in [4.78, 5) is 28.3. The number of nitrogens with zero attached hydrogens (tertiary/aromatic N) is 3. The topological polar surface area (TPSA) is 65.8 Å². The number of hydrogen-bond acceptors (Lipinski definition) is 4. The van der Waals surface area contributed by atoms with E-state index in [9.17, 15) is 19.1 Å². The van der Waals surface area contributed by atoms with Crippen LogP contribution in [0.5, 0.6) is 0 Å². The molecule has 2 aliphatic rings. The number of aromatic carboxylic acids is 1. The number of carboxylic acids is 1. The summed E-state index contributed by atoms with van der Waals surface area (Å²) >= 11 is 0. The molecule has 2 fully saturated rings. The lowest BCUT2D eigenvalue weighted by Gasteiger charge is -2.28. The highest BCUT2D eigenvalue weighted by Gasteiger charge is 2.35. The lowest BCUT2D eigenvalue weighted by Crippen LogP contribution is -2.37. The van der Waals surface area contributed by atoms with Crippen molar-refractivity contribution in [1.29, 1.82) is 0 Å². The number of benzene rings is 1. The number of anilines is 1. The van der Waals surface area contributed by atoms with Crippen LogP contribution in [-0.2, 0) is 6.54 Å². The monoisotopic (exact) mass is 373 g/mol. The van der Waals surface area contributed by atoms with Gasteiger partial charge < -0.3 is 14.6 Å². The van der Waals surface area contributed by atoms with Crippen LogP contribution < -0.4 is 10.3 Å². The molecule has 3 heterocycles. The Morgan fingerprint density at radius 2 is 2.00 bits per heavy atom. The van der Waals surface area contributed by atoms with Crippen LogP contribution in [-0.4, -0.2) is 52.8 Å². The molecule has 0 aliphatic carbocycles. The molecule has 2 bridgehead atoms. The number of likely N-dealkylation sites (N-methyl/N-ethyl adjacent to an activating group) is 1. The van der Waals surface area contributed by atoms with E-state index in [0.717, 1.165) is 25.9 Å². The number of rotatable bonds is 3. The Morgan fingerprint density at radius 1 is 1.26 bits per heavy atom. The smallest absolute Gasteiger partial charge is 0.341 e. The number of carbonyl (C=O) groups is 1. The second-order valence-corrected chi connectivity index (χ2v) is 7.57. The average Bonchev–Trinajstić information content (AvgIpc) is 2.88. The van der Waals surface area contributed by atoms with Gasteiger partial charge in [0.25, 0.3) is 0 Å². The van der Waals surface area contributed by atoms with E-state index in [1.165, 1.54) is 18.7 Å². The van der Waals surface area contributed by atoms with Crippen LogP contribution in [0.4, 0.5) is 10.1 Å². The number of carboxylic acid groups (broad SMARTS) is 1. The molecule has 0 radical (unpaired) electrons. The number of pyridine rings is 1. The van der Waals surface area contributed by atoms with Gasteiger partial charge in [0.1, 0.15) is 11.4 Å². The molecule has 2 aliphatic heterocycles. The van der Waals surface area contributed by atoms with Gasteiger partial charge in [-0.3, -0.25) is 9.69 Å². The van der Waals surface area contributed by atoms with Crippen molar-refractivity contribution in [3.63, 3.8) is 0 Å². The SMILES string of the molecule is CCn1cc(C(=O)O)c(=O)c2cc(F)c(N3CC[C@H]4CCC(C3)N4C)cc21. The van der Waals surface area contributed by atoms with Gasteiger partial charge in [0.05, 0.1) is 11.2 Å². The van der Waals surface area contributed by atoms with Gasteiger partial charge in [-0.25, -0.2) is 9.18 Å². The highest BCUT2D eigenvalue weighted by molar-refractivity contribution is 5.93. The molecule has 1 unspecified atom stereocenters. The van der Waals surface area contributed by atoms with E-state index in [-0.39, 0.29) is 10.9 Å². The zero-order valence-corrected chi connectivity index (χ0v) is 15.6. The molecule has 0 saturated carbocycles. The van der Waals surface area contributed by atoms with Gasteiger partial charge in [0.2, 0.25) is 5.43 Å². The average molecular weight is 373 g/mol. The fourth-order valence-electron chi connectivity index (χ4n) is 4.58. The van der Waals surface area contributed by atoms with Gasteiger partial charge in [-0.2, -0.15) is 0 Å². The number of aryl methyl sites for hydroxylation is 1. The number of hydrogen-bond donors (Lipinski definition) is 1. The predicted octanol–water partition coefficient (Wildman–Crippen LogP) is 2.53. The van der Waals surface area contributed by atoms with Crippen molar-refractivity contribution in [1.82, 2.24) is 9.47 Å². The van der Waals surface area contributed by atoms with E-state index in [1.807, 2.05) is 6.92 Å². The summed E-state index contributed by atoms with van der Waals surface area (Å²) < 4.78 is 16.7. The molecule has 27 heavy (non-hydrogen) atoms. The molecular formula is C20H24FN3O3. The third-order valence-electron chi connectivity index (χ3n) is 6.21. The van der Waals surface area contributed by atoms with Crippen molar-refractivity contribution in [2.75, 3.05) is 25.0 Å². The van der Waals surface area contributed by atoms with Crippen LogP contribution >= 0.6 is 0 Å². The van der Waals surface area contributed by atoms with Crippen molar-refractivity contribution in [2.24, 2.45) is 0 Å². The van der Waals surface area contributed by atoms with Crippen LogP contribution in [0.25, 0.3) is 10.9 Å². The predicted molar refractivity (Wildman–Crippen MR) is 102 cm³/mol. The molecule has 0 amide bonds. The highest BCUT2D eigenvalue weighted by Crippen LogP contribution is 2.33. The Balaban J connectivity index is 1.83. The van der Waals surface area contributed by atoms with Gasteiger partial charge in [-0.1, -0.05) is 0 Å². The molecule has 2 saturated heterocycles. The second-order valence-electron chi connectivity index (χ2n) is 7.57. The number of halogens is 1. The Bertz CT molecular complexity index is 971. The number of aromatic nitrogens is 1. The van der Waals surface area contributed by atoms with E-state index >= 15 is 0 Å². The maximum absolute atomic E-state index is 15.0. The van der Waals surface area contributed by atoms with E-state index in [1.54, 1.807) is 10.6 Å².